The first-order valence-corrected chi connectivity index (χ1v) is 5.54. The summed E-state index contributed by atoms with van der Waals surface area (Å²) in [5.74, 6) is 0. The van der Waals surface area contributed by atoms with Gasteiger partial charge in [0.1, 0.15) is 0 Å². The number of benzene rings is 1. The fourth-order valence-corrected chi connectivity index (χ4v) is 1.39. The Morgan fingerprint density at radius 1 is 1.22 bits per heavy atom. The topological polar surface area (TPSA) is 52.5 Å². The van der Waals surface area contributed by atoms with Crippen LogP contribution in [0.4, 0.5) is 13.2 Å². The summed E-state index contributed by atoms with van der Waals surface area (Å²) in [6, 6.07) is 4.20. The second-order valence-corrected chi connectivity index (χ2v) is 4.13. The van der Waals surface area contributed by atoms with Gasteiger partial charge in [-0.15, -0.1) is 0 Å². The molecule has 0 amide bonds. The lowest BCUT2D eigenvalue weighted by Gasteiger charge is -2.16. The first kappa shape index (κ1) is 14.9. The van der Waals surface area contributed by atoms with Gasteiger partial charge in [-0.25, -0.2) is 0 Å². The second kappa shape index (κ2) is 6.17. The Labute approximate surface area is 103 Å². The molecule has 1 rings (SSSR count). The Morgan fingerprint density at radius 2 is 1.78 bits per heavy atom. The van der Waals surface area contributed by atoms with Crippen molar-refractivity contribution in [2.24, 2.45) is 0 Å². The van der Waals surface area contributed by atoms with Crippen molar-refractivity contribution in [2.75, 3.05) is 13.2 Å². The van der Waals surface area contributed by atoms with E-state index in [0.29, 0.717) is 5.56 Å². The zero-order valence-corrected chi connectivity index (χ0v) is 9.91. The molecule has 3 nitrogen and oxygen atoms in total. The van der Waals surface area contributed by atoms with Crippen molar-refractivity contribution in [3.63, 3.8) is 0 Å². The van der Waals surface area contributed by atoms with Gasteiger partial charge in [0, 0.05) is 12.6 Å². The van der Waals surface area contributed by atoms with E-state index < -0.39 is 17.8 Å². The van der Waals surface area contributed by atoms with E-state index >= 15 is 0 Å². The van der Waals surface area contributed by atoms with Gasteiger partial charge in [0.25, 0.3) is 0 Å². The molecule has 1 aromatic carbocycles. The average molecular weight is 263 g/mol. The molecule has 102 valence electrons. The van der Waals surface area contributed by atoms with E-state index in [0.717, 1.165) is 12.1 Å². The van der Waals surface area contributed by atoms with Crippen molar-refractivity contribution in [3.8, 4) is 0 Å². The lowest BCUT2D eigenvalue weighted by Crippen LogP contribution is -2.32. The quantitative estimate of drug-likeness (QED) is 0.758. The Balaban J connectivity index is 2.62. The summed E-state index contributed by atoms with van der Waals surface area (Å²) in [7, 11) is 0. The summed E-state index contributed by atoms with van der Waals surface area (Å²) >= 11 is 0. The van der Waals surface area contributed by atoms with Crippen molar-refractivity contribution in [1.29, 1.82) is 0 Å². The normalized spacial score (nSPS) is 15.4. The molecule has 0 aliphatic carbocycles. The minimum absolute atomic E-state index is 0.0697. The highest BCUT2D eigenvalue weighted by Gasteiger charge is 2.30. The van der Waals surface area contributed by atoms with Gasteiger partial charge in [0.05, 0.1) is 18.3 Å². The Bertz CT molecular complexity index is 365. The van der Waals surface area contributed by atoms with E-state index in [9.17, 15) is 18.3 Å². The summed E-state index contributed by atoms with van der Waals surface area (Å²) in [6.45, 7) is 1.84. The number of aliphatic hydroxyl groups excluding tert-OH is 2. The number of aliphatic hydroxyl groups is 2. The van der Waals surface area contributed by atoms with Gasteiger partial charge in [-0.1, -0.05) is 12.1 Å². The Kier molecular flexibility index (Phi) is 5.13. The van der Waals surface area contributed by atoms with Crippen LogP contribution in [0.5, 0.6) is 0 Å². The highest BCUT2D eigenvalue weighted by atomic mass is 19.4. The van der Waals surface area contributed by atoms with Crippen LogP contribution in [0.3, 0.4) is 0 Å². The van der Waals surface area contributed by atoms with Crippen LogP contribution in [0.25, 0.3) is 0 Å². The van der Waals surface area contributed by atoms with Crippen molar-refractivity contribution < 1.29 is 23.4 Å². The monoisotopic (exact) mass is 263 g/mol. The van der Waals surface area contributed by atoms with E-state index in [-0.39, 0.29) is 19.2 Å². The van der Waals surface area contributed by atoms with E-state index in [1.165, 1.54) is 12.1 Å². The van der Waals surface area contributed by atoms with Gasteiger partial charge in [-0.2, -0.15) is 13.2 Å². The summed E-state index contributed by atoms with van der Waals surface area (Å²) in [5, 5.41) is 21.4. The lowest BCUT2D eigenvalue weighted by molar-refractivity contribution is -0.137. The van der Waals surface area contributed by atoms with Gasteiger partial charge in [0.15, 0.2) is 0 Å². The molecule has 6 heteroatoms. The van der Waals surface area contributed by atoms with Crippen LogP contribution in [0.15, 0.2) is 24.3 Å². The van der Waals surface area contributed by atoms with Crippen LogP contribution in [-0.4, -0.2) is 29.4 Å². The minimum Gasteiger partial charge on any atom is -0.395 e. The molecule has 0 saturated carbocycles. The molecule has 18 heavy (non-hydrogen) atoms. The third-order valence-electron chi connectivity index (χ3n) is 2.56. The highest BCUT2D eigenvalue weighted by Crippen LogP contribution is 2.29. The maximum Gasteiger partial charge on any atom is 0.416 e. The van der Waals surface area contributed by atoms with Gasteiger partial charge >= 0.3 is 6.18 Å². The summed E-state index contributed by atoms with van der Waals surface area (Å²) in [5.41, 5.74) is -0.337. The summed E-state index contributed by atoms with van der Waals surface area (Å²) < 4.78 is 37.0. The molecule has 1 aromatic rings. The third kappa shape index (κ3) is 4.29. The molecular formula is C12H16F3NO2. The third-order valence-corrected chi connectivity index (χ3v) is 2.56. The van der Waals surface area contributed by atoms with Gasteiger partial charge in [0.2, 0.25) is 0 Å². The minimum atomic E-state index is -4.37. The molecule has 0 heterocycles. The maximum atomic E-state index is 12.3. The van der Waals surface area contributed by atoms with Crippen LogP contribution < -0.4 is 5.32 Å². The van der Waals surface area contributed by atoms with Crippen molar-refractivity contribution >= 4 is 0 Å². The molecule has 2 unspecified atom stereocenters. The van der Waals surface area contributed by atoms with Crippen LogP contribution in [0.1, 0.15) is 24.2 Å². The van der Waals surface area contributed by atoms with Crippen LogP contribution in [0.2, 0.25) is 0 Å². The first-order valence-electron chi connectivity index (χ1n) is 5.54. The smallest absolute Gasteiger partial charge is 0.395 e. The Hall–Kier alpha value is -1.11. The number of halogens is 3. The number of hydrogen-bond acceptors (Lipinski definition) is 3. The molecule has 0 radical (unpaired) electrons. The number of nitrogens with one attached hydrogen (secondary N) is 1. The molecule has 0 bridgehead atoms. The van der Waals surface area contributed by atoms with Crippen molar-refractivity contribution in [1.82, 2.24) is 5.32 Å². The zero-order valence-electron chi connectivity index (χ0n) is 9.91. The fourth-order valence-electron chi connectivity index (χ4n) is 1.39. The molecule has 3 N–H and O–H groups in total. The molecule has 0 aliphatic rings. The number of hydrogen-bond donors (Lipinski definition) is 3. The predicted molar refractivity (Wildman–Crippen MR) is 61.0 cm³/mol. The molecular weight excluding hydrogens is 247 g/mol. The maximum absolute atomic E-state index is 12.3. The zero-order chi connectivity index (χ0) is 13.8. The molecule has 0 aromatic heterocycles. The fraction of sp³-hybridized carbons (Fsp3) is 0.500. The summed E-state index contributed by atoms with van der Waals surface area (Å²) in [4.78, 5) is 0. The molecule has 0 fully saturated rings. The molecule has 0 aliphatic heterocycles. The van der Waals surface area contributed by atoms with Gasteiger partial charge < -0.3 is 15.5 Å². The van der Waals surface area contributed by atoms with Gasteiger partial charge in [-0.05, 0) is 24.6 Å². The predicted octanol–water partition coefficient (Wildman–Crippen LogP) is 1.71. The standard InChI is InChI=1S/C12H16F3NO2/c1-8(7-17)16-6-11(18)9-2-4-10(5-3-9)12(13,14)15/h2-5,8,11,16-18H,6-7H2,1H3. The second-order valence-electron chi connectivity index (χ2n) is 4.13. The molecule has 0 spiro atoms. The van der Waals surface area contributed by atoms with Crippen molar-refractivity contribution in [3.05, 3.63) is 35.4 Å². The summed E-state index contributed by atoms with van der Waals surface area (Å²) in [6.07, 6.45) is -5.27. The van der Waals surface area contributed by atoms with Crippen LogP contribution in [0, 0.1) is 0 Å². The van der Waals surface area contributed by atoms with Gasteiger partial charge in [-0.3, -0.25) is 0 Å². The largest absolute Gasteiger partial charge is 0.416 e. The van der Waals surface area contributed by atoms with E-state index in [1.54, 1.807) is 6.92 Å². The average Bonchev–Trinajstić information content (AvgIpc) is 2.34. The number of alkyl halides is 3. The van der Waals surface area contributed by atoms with E-state index in [2.05, 4.69) is 5.32 Å². The molecule has 2 atom stereocenters. The van der Waals surface area contributed by atoms with E-state index in [1.807, 2.05) is 0 Å². The van der Waals surface area contributed by atoms with Crippen molar-refractivity contribution in [2.45, 2.75) is 25.2 Å². The highest BCUT2D eigenvalue weighted by molar-refractivity contribution is 5.26. The lowest BCUT2D eigenvalue weighted by atomic mass is 10.1. The van der Waals surface area contributed by atoms with Crippen LogP contribution >= 0.6 is 0 Å². The number of rotatable bonds is 5. The Morgan fingerprint density at radius 3 is 2.22 bits per heavy atom. The first-order chi connectivity index (χ1) is 8.34. The van der Waals surface area contributed by atoms with Crippen LogP contribution in [-0.2, 0) is 6.18 Å². The van der Waals surface area contributed by atoms with E-state index in [4.69, 9.17) is 5.11 Å². The SMILES string of the molecule is CC(CO)NCC(O)c1ccc(C(F)(F)F)cc1. The molecule has 0 saturated heterocycles.